The van der Waals surface area contributed by atoms with Crippen LogP contribution in [0.4, 0.5) is 5.82 Å². The number of pyridine rings is 2. The molecule has 0 aliphatic carbocycles. The molecule has 0 atom stereocenters. The van der Waals surface area contributed by atoms with Crippen LogP contribution in [0, 0.1) is 0 Å². The zero-order chi connectivity index (χ0) is 16.0. The molecule has 4 rings (SSSR count). The van der Waals surface area contributed by atoms with Gasteiger partial charge in [0.2, 0.25) is 0 Å². The summed E-state index contributed by atoms with van der Waals surface area (Å²) >= 11 is 0. The van der Waals surface area contributed by atoms with Crippen LogP contribution in [-0.4, -0.2) is 31.8 Å². The molecule has 0 fully saturated rings. The van der Waals surface area contributed by atoms with Crippen molar-refractivity contribution in [2.45, 2.75) is 13.3 Å². The Hall–Kier alpha value is -2.86. The number of fused-ring (bicyclic) bond motifs is 2. The van der Waals surface area contributed by atoms with Gasteiger partial charge in [-0.25, -0.2) is 14.6 Å². The van der Waals surface area contributed by atoms with E-state index in [9.17, 15) is 5.21 Å². The lowest BCUT2D eigenvalue weighted by molar-refractivity contribution is 0.276. The highest BCUT2D eigenvalue weighted by Gasteiger charge is 2.12. The van der Waals surface area contributed by atoms with E-state index in [4.69, 9.17) is 0 Å². The van der Waals surface area contributed by atoms with E-state index in [2.05, 4.69) is 34.1 Å². The molecule has 23 heavy (non-hydrogen) atoms. The van der Waals surface area contributed by atoms with Crippen LogP contribution >= 0.6 is 0 Å². The molecule has 6 heteroatoms. The zero-order valence-corrected chi connectivity index (χ0v) is 13.0. The van der Waals surface area contributed by atoms with E-state index < -0.39 is 0 Å². The second-order valence-corrected chi connectivity index (χ2v) is 5.55. The van der Waals surface area contributed by atoms with Gasteiger partial charge in [-0.15, -0.1) is 5.10 Å². The molecule has 6 nitrogen and oxygen atoms in total. The van der Waals surface area contributed by atoms with E-state index in [0.29, 0.717) is 5.82 Å². The summed E-state index contributed by atoms with van der Waals surface area (Å²) in [6, 6.07) is 8.00. The Balaban J connectivity index is 1.91. The second kappa shape index (κ2) is 5.10. The van der Waals surface area contributed by atoms with Gasteiger partial charge in [0.05, 0.1) is 5.52 Å². The lowest BCUT2D eigenvalue weighted by Gasteiger charge is -2.09. The van der Waals surface area contributed by atoms with Crippen LogP contribution in [0.3, 0.4) is 0 Å². The van der Waals surface area contributed by atoms with Gasteiger partial charge >= 0.3 is 0 Å². The topological polar surface area (TPSA) is 69.4 Å². The Morgan fingerprint density at radius 1 is 1.30 bits per heavy atom. The molecule has 0 aliphatic heterocycles. The summed E-state index contributed by atoms with van der Waals surface area (Å²) in [4.78, 5) is 7.67. The van der Waals surface area contributed by atoms with E-state index in [1.807, 2.05) is 30.7 Å². The van der Waals surface area contributed by atoms with Crippen molar-refractivity contribution in [1.82, 2.24) is 19.6 Å². The third-order valence-electron chi connectivity index (χ3n) is 4.14. The Morgan fingerprint density at radius 3 is 2.96 bits per heavy atom. The fraction of sp³-hybridized carbons (Fsp3) is 0.176. The largest absolute Gasteiger partial charge is 0.346 e. The van der Waals surface area contributed by atoms with Crippen molar-refractivity contribution >= 4 is 22.4 Å². The molecule has 0 radical (unpaired) electrons. The zero-order valence-electron chi connectivity index (χ0n) is 13.0. The molecule has 0 aromatic carbocycles. The maximum absolute atomic E-state index is 9.53. The van der Waals surface area contributed by atoms with Gasteiger partial charge in [0.1, 0.15) is 5.65 Å². The molecule has 0 aliphatic rings. The average Bonchev–Trinajstić information content (AvgIpc) is 3.19. The van der Waals surface area contributed by atoms with Crippen LogP contribution in [0.2, 0.25) is 0 Å². The molecule has 4 aromatic rings. The number of hydrogen-bond donors (Lipinski definition) is 2. The molecule has 116 valence electrons. The number of hydroxylamine groups is 1. The number of aromatic amines is 1. The van der Waals surface area contributed by atoms with Crippen LogP contribution < -0.4 is 5.06 Å². The van der Waals surface area contributed by atoms with Crippen LogP contribution in [-0.2, 0) is 6.42 Å². The summed E-state index contributed by atoms with van der Waals surface area (Å²) in [7, 11) is 1.56. The van der Waals surface area contributed by atoms with Crippen LogP contribution in [0.15, 0.2) is 42.9 Å². The summed E-state index contributed by atoms with van der Waals surface area (Å²) in [5, 5.41) is 16.0. The number of rotatable bonds is 3. The predicted octanol–water partition coefficient (Wildman–Crippen LogP) is 3.27. The molecule has 4 heterocycles. The average molecular weight is 307 g/mol. The van der Waals surface area contributed by atoms with Crippen molar-refractivity contribution in [2.24, 2.45) is 0 Å². The molecular formula is C17H17N5O. The number of anilines is 1. The van der Waals surface area contributed by atoms with Gasteiger partial charge < -0.3 is 4.98 Å². The predicted molar refractivity (Wildman–Crippen MR) is 89.8 cm³/mol. The summed E-state index contributed by atoms with van der Waals surface area (Å²) < 4.78 is 1.75. The number of hydrogen-bond acceptors (Lipinski definition) is 4. The maximum Gasteiger partial charge on any atom is 0.174 e. The van der Waals surface area contributed by atoms with Crippen LogP contribution in [0.25, 0.3) is 27.7 Å². The highest BCUT2D eigenvalue weighted by molar-refractivity contribution is 5.87. The van der Waals surface area contributed by atoms with Crippen molar-refractivity contribution in [1.29, 1.82) is 0 Å². The van der Waals surface area contributed by atoms with E-state index >= 15 is 0 Å². The number of aryl methyl sites for hydroxylation is 1. The molecule has 0 saturated carbocycles. The Morgan fingerprint density at radius 2 is 2.17 bits per heavy atom. The van der Waals surface area contributed by atoms with Gasteiger partial charge in [0.15, 0.2) is 5.82 Å². The third-order valence-corrected chi connectivity index (χ3v) is 4.14. The minimum absolute atomic E-state index is 0.511. The second-order valence-electron chi connectivity index (χ2n) is 5.55. The number of H-pyrrole nitrogens is 1. The number of nitrogens with one attached hydrogen (secondary N) is 1. The van der Waals surface area contributed by atoms with Crippen molar-refractivity contribution in [3.63, 3.8) is 0 Å². The molecule has 2 N–H and O–H groups in total. The maximum atomic E-state index is 9.53. The fourth-order valence-corrected chi connectivity index (χ4v) is 3.00. The van der Waals surface area contributed by atoms with E-state index in [1.165, 1.54) is 5.56 Å². The Labute approximate surface area is 133 Å². The molecular weight excluding hydrogens is 290 g/mol. The summed E-state index contributed by atoms with van der Waals surface area (Å²) in [6.07, 6.45) is 6.67. The highest BCUT2D eigenvalue weighted by Crippen LogP contribution is 2.30. The first kappa shape index (κ1) is 13.8. The third kappa shape index (κ3) is 2.15. The smallest absolute Gasteiger partial charge is 0.174 e. The monoisotopic (exact) mass is 307 g/mol. The Bertz CT molecular complexity index is 999. The van der Waals surface area contributed by atoms with Gasteiger partial charge in [0, 0.05) is 42.7 Å². The molecule has 4 aromatic heterocycles. The van der Waals surface area contributed by atoms with Gasteiger partial charge in [-0.1, -0.05) is 6.92 Å². The fourth-order valence-electron chi connectivity index (χ4n) is 3.00. The highest BCUT2D eigenvalue weighted by atomic mass is 16.5. The standard InChI is InChI=1S/C17H17N5O/c1-3-13-14-4-6-18-17(14)19-10-15(13)11-5-7-22-12(8-11)9-16(20-22)21(2)23/h4-10,23H,3H2,1-2H3,(H,18,19). The van der Waals surface area contributed by atoms with Crippen LogP contribution in [0.1, 0.15) is 12.5 Å². The SMILES string of the molecule is CCc1c(-c2ccn3nc(N(C)O)cc3c2)cnc2[nH]ccc12. The van der Waals surface area contributed by atoms with Crippen molar-refractivity contribution in [3.05, 3.63) is 48.4 Å². The lowest BCUT2D eigenvalue weighted by atomic mass is 9.98. The van der Waals surface area contributed by atoms with Gasteiger partial charge in [-0.3, -0.25) is 5.21 Å². The van der Waals surface area contributed by atoms with Crippen molar-refractivity contribution in [2.75, 3.05) is 12.1 Å². The van der Waals surface area contributed by atoms with Crippen molar-refractivity contribution in [3.8, 4) is 11.1 Å². The normalized spacial score (nSPS) is 11.4. The van der Waals surface area contributed by atoms with Gasteiger partial charge in [0.25, 0.3) is 0 Å². The first-order chi connectivity index (χ1) is 11.2. The molecule has 0 bridgehead atoms. The van der Waals surface area contributed by atoms with Crippen molar-refractivity contribution < 1.29 is 5.21 Å². The minimum Gasteiger partial charge on any atom is -0.346 e. The van der Waals surface area contributed by atoms with Gasteiger partial charge in [-0.05, 0) is 35.7 Å². The first-order valence-corrected chi connectivity index (χ1v) is 7.54. The van der Waals surface area contributed by atoms with E-state index in [0.717, 1.165) is 39.2 Å². The quantitative estimate of drug-likeness (QED) is 0.570. The number of nitrogens with zero attached hydrogens (tertiary/aromatic N) is 4. The molecule has 0 unspecified atom stereocenters. The number of aromatic nitrogens is 4. The van der Waals surface area contributed by atoms with E-state index in [-0.39, 0.29) is 0 Å². The summed E-state index contributed by atoms with van der Waals surface area (Å²) in [5.74, 6) is 0.511. The lowest BCUT2D eigenvalue weighted by Crippen LogP contribution is -2.10. The van der Waals surface area contributed by atoms with E-state index in [1.54, 1.807) is 11.6 Å². The molecule has 0 amide bonds. The summed E-state index contributed by atoms with van der Waals surface area (Å²) in [5.41, 5.74) is 5.34. The first-order valence-electron chi connectivity index (χ1n) is 7.54. The van der Waals surface area contributed by atoms with Gasteiger partial charge in [-0.2, -0.15) is 0 Å². The molecule has 0 spiro atoms. The molecule has 0 saturated heterocycles. The summed E-state index contributed by atoms with van der Waals surface area (Å²) in [6.45, 7) is 2.15. The van der Waals surface area contributed by atoms with Crippen LogP contribution in [0.5, 0.6) is 0 Å². The Kier molecular flexibility index (Phi) is 3.06. The minimum atomic E-state index is 0.511.